The van der Waals surface area contributed by atoms with Crippen LogP contribution in [0.2, 0.25) is 0 Å². The van der Waals surface area contributed by atoms with Gasteiger partial charge in [-0.05, 0) is 53.6 Å². The second kappa shape index (κ2) is 3.91. The van der Waals surface area contributed by atoms with Gasteiger partial charge in [0.25, 0.3) is 0 Å². The Morgan fingerprint density at radius 3 is 2.86 bits per heavy atom. The first-order valence-corrected chi connectivity index (χ1v) is 7.39. The Kier molecular flexibility index (Phi) is 2.11. The van der Waals surface area contributed by atoms with Crippen molar-refractivity contribution in [3.63, 3.8) is 0 Å². The van der Waals surface area contributed by atoms with Crippen LogP contribution in [0.5, 0.6) is 0 Å². The summed E-state index contributed by atoms with van der Waals surface area (Å²) < 4.78 is 0. The van der Waals surface area contributed by atoms with Gasteiger partial charge in [-0.15, -0.1) is 0 Å². The highest BCUT2D eigenvalue weighted by molar-refractivity contribution is 5.88. The molecule has 2 aliphatic rings. The van der Waals surface area contributed by atoms with Crippen molar-refractivity contribution < 1.29 is 0 Å². The van der Waals surface area contributed by atoms with Gasteiger partial charge < -0.3 is 4.98 Å². The lowest BCUT2D eigenvalue weighted by Gasteiger charge is -2.20. The first kappa shape index (κ1) is 11.9. The SMILES string of the molecule is O=c1ccc2cc3c(cc2[nH]1)CC1(C=Nc2ncccc21)C3. The number of pyridine rings is 2. The number of nitrogens with zero attached hydrogens (tertiary/aromatic N) is 2. The largest absolute Gasteiger partial charge is 0.322 e. The Morgan fingerprint density at radius 1 is 1.09 bits per heavy atom. The number of fused-ring (bicyclic) bond motifs is 4. The van der Waals surface area contributed by atoms with Crippen molar-refractivity contribution in [3.05, 3.63) is 69.6 Å². The van der Waals surface area contributed by atoms with E-state index in [1.54, 1.807) is 12.3 Å². The van der Waals surface area contributed by atoms with E-state index in [1.165, 1.54) is 16.7 Å². The summed E-state index contributed by atoms with van der Waals surface area (Å²) in [6, 6.07) is 11.9. The van der Waals surface area contributed by atoms with E-state index in [-0.39, 0.29) is 11.0 Å². The molecule has 0 fully saturated rings. The maximum Gasteiger partial charge on any atom is 0.248 e. The van der Waals surface area contributed by atoms with E-state index in [2.05, 4.69) is 39.4 Å². The van der Waals surface area contributed by atoms with Crippen molar-refractivity contribution in [2.24, 2.45) is 4.99 Å². The summed E-state index contributed by atoms with van der Waals surface area (Å²) in [5.74, 6) is 0.841. The van der Waals surface area contributed by atoms with Gasteiger partial charge in [0.05, 0.1) is 0 Å². The molecule has 0 radical (unpaired) electrons. The fraction of sp³-hybridized carbons (Fsp3) is 0.167. The van der Waals surface area contributed by atoms with Gasteiger partial charge in [0.1, 0.15) is 0 Å². The second-order valence-corrected chi connectivity index (χ2v) is 6.17. The zero-order valence-electron chi connectivity index (χ0n) is 11.8. The number of benzene rings is 1. The number of nitrogens with one attached hydrogen (secondary N) is 1. The van der Waals surface area contributed by atoms with Gasteiger partial charge in [0.2, 0.25) is 5.56 Å². The lowest BCUT2D eigenvalue weighted by atomic mass is 9.81. The molecule has 1 aromatic carbocycles. The van der Waals surface area contributed by atoms with Crippen molar-refractivity contribution in [2.45, 2.75) is 18.3 Å². The molecule has 4 nitrogen and oxygen atoms in total. The summed E-state index contributed by atoms with van der Waals surface area (Å²) in [5, 5.41) is 1.08. The Labute approximate surface area is 126 Å². The number of rotatable bonds is 0. The first-order chi connectivity index (χ1) is 10.7. The van der Waals surface area contributed by atoms with Crippen molar-refractivity contribution >= 4 is 22.9 Å². The summed E-state index contributed by atoms with van der Waals surface area (Å²) >= 11 is 0. The van der Waals surface area contributed by atoms with Crippen molar-refractivity contribution in [2.75, 3.05) is 0 Å². The number of aliphatic imine (C=N–C) groups is 1. The van der Waals surface area contributed by atoms with E-state index >= 15 is 0 Å². The second-order valence-electron chi connectivity index (χ2n) is 6.17. The lowest BCUT2D eigenvalue weighted by Crippen LogP contribution is -2.25. The summed E-state index contributed by atoms with van der Waals surface area (Å²) in [4.78, 5) is 23.3. The molecule has 1 unspecified atom stereocenters. The lowest BCUT2D eigenvalue weighted by molar-refractivity contribution is 0.639. The minimum atomic E-state index is -0.0659. The van der Waals surface area contributed by atoms with Crippen LogP contribution >= 0.6 is 0 Å². The van der Waals surface area contributed by atoms with Gasteiger partial charge in [-0.3, -0.25) is 4.79 Å². The third-order valence-electron chi connectivity index (χ3n) is 4.81. The normalized spacial score (nSPS) is 21.5. The molecule has 3 aromatic rings. The van der Waals surface area contributed by atoms with Crippen LogP contribution in [0.1, 0.15) is 16.7 Å². The third kappa shape index (κ3) is 1.49. The highest BCUT2D eigenvalue weighted by Gasteiger charge is 2.42. The van der Waals surface area contributed by atoms with Crippen LogP contribution < -0.4 is 5.56 Å². The fourth-order valence-electron chi connectivity index (χ4n) is 3.79. The molecule has 22 heavy (non-hydrogen) atoms. The monoisotopic (exact) mass is 287 g/mol. The summed E-state index contributed by atoms with van der Waals surface area (Å²) in [6.07, 6.45) is 5.70. The summed E-state index contributed by atoms with van der Waals surface area (Å²) in [6.45, 7) is 0. The highest BCUT2D eigenvalue weighted by atomic mass is 16.1. The Morgan fingerprint density at radius 2 is 1.95 bits per heavy atom. The molecule has 0 amide bonds. The molecular weight excluding hydrogens is 274 g/mol. The van der Waals surface area contributed by atoms with Crippen LogP contribution in [-0.2, 0) is 18.3 Å². The smallest absolute Gasteiger partial charge is 0.248 e. The first-order valence-electron chi connectivity index (χ1n) is 7.39. The average Bonchev–Trinajstić information content (AvgIpc) is 3.06. The van der Waals surface area contributed by atoms with Gasteiger partial charge in [-0.25, -0.2) is 9.98 Å². The van der Waals surface area contributed by atoms with E-state index in [4.69, 9.17) is 0 Å². The van der Waals surface area contributed by atoms with Crippen LogP contribution in [0.25, 0.3) is 10.9 Å². The minimum Gasteiger partial charge on any atom is -0.322 e. The van der Waals surface area contributed by atoms with Gasteiger partial charge in [0.15, 0.2) is 5.82 Å². The molecule has 4 heteroatoms. The zero-order chi connectivity index (χ0) is 14.7. The van der Waals surface area contributed by atoms with Crippen molar-refractivity contribution in [3.8, 4) is 0 Å². The zero-order valence-corrected chi connectivity index (χ0v) is 11.8. The van der Waals surface area contributed by atoms with E-state index in [0.717, 1.165) is 29.6 Å². The van der Waals surface area contributed by atoms with E-state index in [9.17, 15) is 4.79 Å². The molecule has 0 saturated carbocycles. The quantitative estimate of drug-likeness (QED) is 0.691. The standard InChI is InChI=1S/C18H13N3O/c22-16-4-3-11-6-12-8-18(9-13(12)7-15(11)21-16)10-20-17-14(18)2-1-5-19-17/h1-7,10H,8-9H2,(H,21,22). The molecule has 0 bridgehead atoms. The summed E-state index contributed by atoms with van der Waals surface area (Å²) in [5.41, 5.74) is 4.62. The number of hydrogen-bond acceptors (Lipinski definition) is 3. The van der Waals surface area contributed by atoms with Crippen LogP contribution in [0.4, 0.5) is 5.82 Å². The molecule has 1 aliphatic carbocycles. The molecule has 0 saturated heterocycles. The maximum atomic E-state index is 11.5. The number of aromatic nitrogens is 2. The van der Waals surface area contributed by atoms with Crippen LogP contribution in [0.3, 0.4) is 0 Å². The number of aromatic amines is 1. The topological polar surface area (TPSA) is 58.1 Å². The third-order valence-corrected chi connectivity index (χ3v) is 4.81. The molecule has 1 spiro atoms. The number of hydrogen-bond donors (Lipinski definition) is 1. The number of H-pyrrole nitrogens is 1. The van der Waals surface area contributed by atoms with Gasteiger partial charge >= 0.3 is 0 Å². The summed E-state index contributed by atoms with van der Waals surface area (Å²) in [7, 11) is 0. The Balaban J connectivity index is 1.69. The van der Waals surface area contributed by atoms with Crippen LogP contribution in [-0.4, -0.2) is 16.2 Å². The predicted octanol–water partition coefficient (Wildman–Crippen LogP) is 2.68. The molecule has 1 aliphatic heterocycles. The van der Waals surface area contributed by atoms with Gasteiger partial charge in [0, 0.05) is 35.0 Å². The van der Waals surface area contributed by atoms with Crippen molar-refractivity contribution in [1.82, 2.24) is 9.97 Å². The molecule has 5 rings (SSSR count). The Hall–Kier alpha value is -2.75. The average molecular weight is 287 g/mol. The molecule has 3 heterocycles. The molecule has 1 atom stereocenters. The minimum absolute atomic E-state index is 0.0582. The highest BCUT2D eigenvalue weighted by Crippen LogP contribution is 2.45. The molecule has 106 valence electrons. The van der Waals surface area contributed by atoms with E-state index in [1.807, 2.05) is 12.1 Å². The van der Waals surface area contributed by atoms with Gasteiger partial charge in [-0.1, -0.05) is 6.07 Å². The van der Waals surface area contributed by atoms with E-state index < -0.39 is 0 Å². The van der Waals surface area contributed by atoms with Gasteiger partial charge in [-0.2, -0.15) is 0 Å². The van der Waals surface area contributed by atoms with E-state index in [0.29, 0.717) is 0 Å². The Bertz CT molecular complexity index is 1020. The fourth-order valence-corrected chi connectivity index (χ4v) is 3.79. The van der Waals surface area contributed by atoms with Crippen molar-refractivity contribution in [1.29, 1.82) is 0 Å². The molecule has 1 N–H and O–H groups in total. The predicted molar refractivity (Wildman–Crippen MR) is 86.0 cm³/mol. The van der Waals surface area contributed by atoms with Crippen LogP contribution in [0.15, 0.2) is 52.4 Å². The maximum absolute atomic E-state index is 11.5. The van der Waals surface area contributed by atoms with Crippen LogP contribution in [0, 0.1) is 0 Å². The molecular formula is C18H13N3O. The molecule has 2 aromatic heterocycles.